The molecule has 1 aromatic rings. The lowest BCUT2D eigenvalue weighted by Gasteiger charge is -2.14. The maximum absolute atomic E-state index is 13.0. The summed E-state index contributed by atoms with van der Waals surface area (Å²) in [5.74, 6) is -1.72. The summed E-state index contributed by atoms with van der Waals surface area (Å²) in [4.78, 5) is 11.7. The van der Waals surface area contributed by atoms with E-state index in [-0.39, 0.29) is 18.1 Å². The quantitative estimate of drug-likeness (QED) is 0.849. The molecule has 1 amide bonds. The highest BCUT2D eigenvalue weighted by Crippen LogP contribution is 2.27. The Kier molecular flexibility index (Phi) is 8.02. The Labute approximate surface area is 120 Å². The van der Waals surface area contributed by atoms with E-state index in [0.29, 0.717) is 12.8 Å². The van der Waals surface area contributed by atoms with Crippen LogP contribution in [0.25, 0.3) is 0 Å². The second-order valence-corrected chi connectivity index (χ2v) is 3.90. The predicted octanol–water partition coefficient (Wildman–Crippen LogP) is 2.91. The number of amides is 1. The van der Waals surface area contributed by atoms with Crippen LogP contribution in [0.5, 0.6) is 5.75 Å². The SMILES string of the molecule is CCCC(N)C(=O)Nc1ccc(F)cc1OC(F)F.Cl. The van der Waals surface area contributed by atoms with Crippen molar-refractivity contribution >= 4 is 24.0 Å². The molecule has 0 spiro atoms. The number of halogens is 4. The summed E-state index contributed by atoms with van der Waals surface area (Å²) in [6, 6.07) is 2.19. The molecule has 114 valence electrons. The molecule has 0 bridgehead atoms. The molecule has 0 radical (unpaired) electrons. The van der Waals surface area contributed by atoms with Gasteiger partial charge in [-0.25, -0.2) is 4.39 Å². The molecule has 0 aliphatic carbocycles. The molecule has 1 atom stereocenters. The number of carbonyl (C=O) groups excluding carboxylic acids is 1. The Hall–Kier alpha value is -1.47. The average molecular weight is 313 g/mol. The number of ether oxygens (including phenoxy) is 1. The molecule has 20 heavy (non-hydrogen) atoms. The van der Waals surface area contributed by atoms with Gasteiger partial charge < -0.3 is 15.8 Å². The average Bonchev–Trinajstić information content (AvgIpc) is 2.32. The number of anilines is 1. The Balaban J connectivity index is 0.00000361. The standard InChI is InChI=1S/C12H15F3N2O2.ClH/c1-2-3-8(16)11(18)17-9-5-4-7(13)6-10(9)19-12(14)15;/h4-6,8,12H,2-3,16H2,1H3,(H,17,18);1H. The first-order valence-corrected chi connectivity index (χ1v) is 5.74. The molecule has 3 N–H and O–H groups in total. The maximum Gasteiger partial charge on any atom is 0.387 e. The molecular formula is C12H16ClF3N2O2. The van der Waals surface area contributed by atoms with Crippen molar-refractivity contribution in [3.8, 4) is 5.75 Å². The van der Waals surface area contributed by atoms with Gasteiger partial charge in [0.1, 0.15) is 5.82 Å². The number of alkyl halides is 2. The fourth-order valence-corrected chi connectivity index (χ4v) is 1.46. The number of carbonyl (C=O) groups is 1. The summed E-state index contributed by atoms with van der Waals surface area (Å²) < 4.78 is 41.4. The van der Waals surface area contributed by atoms with E-state index in [1.54, 1.807) is 0 Å². The summed E-state index contributed by atoms with van der Waals surface area (Å²) in [6.45, 7) is -1.25. The van der Waals surface area contributed by atoms with Gasteiger partial charge >= 0.3 is 6.61 Å². The van der Waals surface area contributed by atoms with Gasteiger partial charge in [-0.05, 0) is 18.6 Å². The van der Waals surface area contributed by atoms with E-state index in [1.165, 1.54) is 0 Å². The highest BCUT2D eigenvalue weighted by atomic mass is 35.5. The van der Waals surface area contributed by atoms with Gasteiger partial charge in [0.2, 0.25) is 5.91 Å². The Morgan fingerprint density at radius 3 is 2.65 bits per heavy atom. The van der Waals surface area contributed by atoms with Crippen LogP contribution in [0, 0.1) is 5.82 Å². The van der Waals surface area contributed by atoms with E-state index >= 15 is 0 Å². The van der Waals surface area contributed by atoms with E-state index < -0.39 is 30.1 Å². The van der Waals surface area contributed by atoms with Crippen LogP contribution in [0.15, 0.2) is 18.2 Å². The van der Waals surface area contributed by atoms with Crippen LogP contribution in [0.2, 0.25) is 0 Å². The number of hydrogen-bond acceptors (Lipinski definition) is 3. The minimum atomic E-state index is -3.11. The van der Waals surface area contributed by atoms with E-state index in [0.717, 1.165) is 18.2 Å². The number of nitrogens with one attached hydrogen (secondary N) is 1. The van der Waals surface area contributed by atoms with Crippen molar-refractivity contribution in [2.24, 2.45) is 5.73 Å². The first-order chi connectivity index (χ1) is 8.93. The van der Waals surface area contributed by atoms with Crippen molar-refractivity contribution in [3.63, 3.8) is 0 Å². The topological polar surface area (TPSA) is 64.4 Å². The molecule has 0 saturated heterocycles. The van der Waals surface area contributed by atoms with Crippen molar-refractivity contribution in [1.82, 2.24) is 0 Å². The molecule has 0 aromatic heterocycles. The van der Waals surface area contributed by atoms with Crippen LogP contribution >= 0.6 is 12.4 Å². The minimum absolute atomic E-state index is 0. The normalized spacial score (nSPS) is 11.7. The van der Waals surface area contributed by atoms with E-state index in [1.807, 2.05) is 6.92 Å². The third-order valence-corrected chi connectivity index (χ3v) is 2.35. The smallest absolute Gasteiger partial charge is 0.387 e. The van der Waals surface area contributed by atoms with Crippen LogP contribution in [0.1, 0.15) is 19.8 Å². The van der Waals surface area contributed by atoms with Gasteiger partial charge in [-0.2, -0.15) is 8.78 Å². The van der Waals surface area contributed by atoms with Gasteiger partial charge in [0.25, 0.3) is 0 Å². The van der Waals surface area contributed by atoms with Gasteiger partial charge in [-0.15, -0.1) is 12.4 Å². The molecular weight excluding hydrogens is 297 g/mol. The molecule has 0 aliphatic heterocycles. The van der Waals surface area contributed by atoms with Gasteiger partial charge in [0.05, 0.1) is 11.7 Å². The lowest BCUT2D eigenvalue weighted by molar-refractivity contribution is -0.117. The number of rotatable bonds is 6. The Morgan fingerprint density at radius 1 is 1.45 bits per heavy atom. The van der Waals surface area contributed by atoms with E-state index in [9.17, 15) is 18.0 Å². The minimum Gasteiger partial charge on any atom is -0.432 e. The molecule has 4 nitrogen and oxygen atoms in total. The van der Waals surface area contributed by atoms with Crippen LogP contribution in [0.3, 0.4) is 0 Å². The number of hydrogen-bond donors (Lipinski definition) is 2. The Morgan fingerprint density at radius 2 is 2.10 bits per heavy atom. The molecule has 0 fully saturated rings. The highest BCUT2D eigenvalue weighted by Gasteiger charge is 2.16. The molecule has 1 aromatic carbocycles. The van der Waals surface area contributed by atoms with Gasteiger partial charge in [-0.3, -0.25) is 4.79 Å². The highest BCUT2D eigenvalue weighted by molar-refractivity contribution is 5.95. The third-order valence-electron chi connectivity index (χ3n) is 2.35. The van der Waals surface area contributed by atoms with Gasteiger partial charge in [-0.1, -0.05) is 13.3 Å². The second kappa shape index (κ2) is 8.65. The zero-order valence-electron chi connectivity index (χ0n) is 10.7. The van der Waals surface area contributed by atoms with Crippen LogP contribution in [-0.2, 0) is 4.79 Å². The number of benzene rings is 1. The number of nitrogens with two attached hydrogens (primary N) is 1. The van der Waals surface area contributed by atoms with Crippen molar-refractivity contribution in [2.45, 2.75) is 32.4 Å². The van der Waals surface area contributed by atoms with E-state index in [4.69, 9.17) is 5.73 Å². The molecule has 8 heteroatoms. The third kappa shape index (κ3) is 5.66. The van der Waals surface area contributed by atoms with Crippen LogP contribution in [0.4, 0.5) is 18.9 Å². The lowest BCUT2D eigenvalue weighted by atomic mass is 10.1. The summed E-state index contributed by atoms with van der Waals surface area (Å²) in [7, 11) is 0. The fraction of sp³-hybridized carbons (Fsp3) is 0.417. The second-order valence-electron chi connectivity index (χ2n) is 3.90. The first kappa shape index (κ1) is 18.5. The summed E-state index contributed by atoms with van der Waals surface area (Å²) in [5, 5.41) is 2.34. The summed E-state index contributed by atoms with van der Waals surface area (Å²) >= 11 is 0. The van der Waals surface area contributed by atoms with Crippen molar-refractivity contribution in [1.29, 1.82) is 0 Å². The molecule has 0 aliphatic rings. The molecule has 1 unspecified atom stereocenters. The largest absolute Gasteiger partial charge is 0.432 e. The molecule has 1 rings (SSSR count). The first-order valence-electron chi connectivity index (χ1n) is 5.74. The lowest BCUT2D eigenvalue weighted by Crippen LogP contribution is -2.35. The van der Waals surface area contributed by atoms with Crippen molar-refractivity contribution < 1.29 is 22.7 Å². The predicted molar refractivity (Wildman–Crippen MR) is 71.8 cm³/mol. The summed E-state index contributed by atoms with van der Waals surface area (Å²) in [6.07, 6.45) is 1.16. The maximum atomic E-state index is 13.0. The van der Waals surface area contributed by atoms with Gasteiger partial charge in [0, 0.05) is 6.07 Å². The molecule has 0 saturated carbocycles. The van der Waals surface area contributed by atoms with Crippen LogP contribution < -0.4 is 15.8 Å². The Bertz CT molecular complexity index is 447. The van der Waals surface area contributed by atoms with Crippen LogP contribution in [-0.4, -0.2) is 18.6 Å². The van der Waals surface area contributed by atoms with E-state index in [2.05, 4.69) is 10.1 Å². The van der Waals surface area contributed by atoms with Crippen molar-refractivity contribution in [2.75, 3.05) is 5.32 Å². The summed E-state index contributed by atoms with van der Waals surface area (Å²) in [5.41, 5.74) is 5.54. The fourth-order valence-electron chi connectivity index (χ4n) is 1.46. The molecule has 0 heterocycles. The zero-order chi connectivity index (χ0) is 14.4. The monoisotopic (exact) mass is 312 g/mol. The van der Waals surface area contributed by atoms with Crippen molar-refractivity contribution in [3.05, 3.63) is 24.0 Å². The van der Waals surface area contributed by atoms with Gasteiger partial charge in [0.15, 0.2) is 5.75 Å². The zero-order valence-corrected chi connectivity index (χ0v) is 11.6.